The average Bonchev–Trinajstić information content (AvgIpc) is 2.13. The van der Waals surface area contributed by atoms with Crippen molar-refractivity contribution in [1.82, 2.24) is 5.32 Å². The maximum absolute atomic E-state index is 11.2. The molecule has 0 aromatic carbocycles. The summed E-state index contributed by atoms with van der Waals surface area (Å²) in [6, 6.07) is 0.932. The molecule has 0 heterocycles. The van der Waals surface area contributed by atoms with Gasteiger partial charge in [-0.05, 0) is 13.8 Å². The zero-order chi connectivity index (χ0) is 12.1. The Morgan fingerprint density at radius 2 is 2.13 bits per heavy atom. The lowest BCUT2D eigenvalue weighted by molar-refractivity contribution is -0.139. The Labute approximate surface area is 88.1 Å². The second-order valence-corrected chi connectivity index (χ2v) is 3.92. The summed E-state index contributed by atoms with van der Waals surface area (Å²) in [6.07, 6.45) is -0.418. The zero-order valence-electron chi connectivity index (χ0n) is 8.78. The van der Waals surface area contributed by atoms with E-state index in [4.69, 9.17) is 16.1 Å². The summed E-state index contributed by atoms with van der Waals surface area (Å²) in [5.41, 5.74) is 4.63. The Bertz CT molecular complexity index is 293. The number of aliphatic carboxylic acids is 1. The third-order valence-corrected chi connectivity index (χ3v) is 1.74. The van der Waals surface area contributed by atoms with Gasteiger partial charge >= 0.3 is 5.97 Å². The summed E-state index contributed by atoms with van der Waals surface area (Å²) in [5.74, 6) is -1.68. The monoisotopic (exact) mass is 213 g/mol. The quantitative estimate of drug-likeness (QED) is 0.566. The van der Waals surface area contributed by atoms with E-state index in [9.17, 15) is 9.59 Å². The fraction of sp³-hybridized carbons (Fsp3) is 0.667. The van der Waals surface area contributed by atoms with E-state index >= 15 is 0 Å². The minimum Gasteiger partial charge on any atom is -0.481 e. The fourth-order valence-corrected chi connectivity index (χ4v) is 0.760. The summed E-state index contributed by atoms with van der Waals surface area (Å²) < 4.78 is 0. The zero-order valence-corrected chi connectivity index (χ0v) is 8.78. The molecule has 0 rings (SSSR count). The van der Waals surface area contributed by atoms with Crippen LogP contribution in [-0.2, 0) is 9.59 Å². The van der Waals surface area contributed by atoms with Crippen LogP contribution < -0.4 is 11.1 Å². The van der Waals surface area contributed by atoms with Gasteiger partial charge in [-0.25, -0.2) is 0 Å². The average molecular weight is 213 g/mol. The third-order valence-electron chi connectivity index (χ3n) is 1.74. The van der Waals surface area contributed by atoms with Gasteiger partial charge in [0.15, 0.2) is 0 Å². The van der Waals surface area contributed by atoms with Gasteiger partial charge in [0.1, 0.15) is 0 Å². The van der Waals surface area contributed by atoms with Crippen LogP contribution in [0.2, 0.25) is 0 Å². The van der Waals surface area contributed by atoms with E-state index < -0.39 is 29.8 Å². The third kappa shape index (κ3) is 5.65. The summed E-state index contributed by atoms with van der Waals surface area (Å²) in [7, 11) is 0. The van der Waals surface area contributed by atoms with Gasteiger partial charge in [0.25, 0.3) is 0 Å². The number of nitrogens with one attached hydrogen (secondary N) is 1. The Kier molecular flexibility index (Phi) is 4.74. The molecule has 0 fully saturated rings. The highest BCUT2D eigenvalue weighted by molar-refractivity contribution is 5.85. The molecule has 0 aliphatic rings. The van der Waals surface area contributed by atoms with Crippen LogP contribution in [-0.4, -0.2) is 29.6 Å². The molecule has 0 spiro atoms. The summed E-state index contributed by atoms with van der Waals surface area (Å²) >= 11 is 0. The van der Waals surface area contributed by atoms with Gasteiger partial charge < -0.3 is 16.2 Å². The highest BCUT2D eigenvalue weighted by Crippen LogP contribution is 2.10. The lowest BCUT2D eigenvalue weighted by Gasteiger charge is -2.17. The number of amides is 1. The molecule has 1 unspecified atom stereocenters. The van der Waals surface area contributed by atoms with Gasteiger partial charge in [0, 0.05) is 6.54 Å². The van der Waals surface area contributed by atoms with E-state index in [1.807, 2.05) is 6.07 Å². The van der Waals surface area contributed by atoms with Crippen molar-refractivity contribution in [1.29, 1.82) is 5.26 Å². The van der Waals surface area contributed by atoms with Gasteiger partial charge in [-0.3, -0.25) is 9.59 Å². The van der Waals surface area contributed by atoms with Crippen LogP contribution in [0.25, 0.3) is 0 Å². The normalized spacial score (nSPS) is 12.7. The van der Waals surface area contributed by atoms with Gasteiger partial charge in [0.05, 0.1) is 23.9 Å². The molecule has 84 valence electrons. The summed E-state index contributed by atoms with van der Waals surface area (Å²) in [4.78, 5) is 21.5. The minimum atomic E-state index is -1.13. The predicted molar refractivity (Wildman–Crippen MR) is 52.6 cm³/mol. The molecule has 4 N–H and O–H groups in total. The topological polar surface area (TPSA) is 116 Å². The Hall–Kier alpha value is -1.61. The van der Waals surface area contributed by atoms with E-state index in [0.29, 0.717) is 0 Å². The SMILES string of the molecule is CC(C)(C#N)CNC(=O)C(N)CC(=O)O. The van der Waals surface area contributed by atoms with Crippen LogP contribution in [0.4, 0.5) is 0 Å². The largest absolute Gasteiger partial charge is 0.481 e. The molecule has 1 atom stereocenters. The number of nitrogens with zero attached hydrogens (tertiary/aromatic N) is 1. The van der Waals surface area contributed by atoms with E-state index in [1.165, 1.54) is 0 Å². The number of nitrogens with two attached hydrogens (primary N) is 1. The van der Waals surface area contributed by atoms with Crippen molar-refractivity contribution in [2.24, 2.45) is 11.1 Å². The molecular formula is C9H15N3O3. The number of nitriles is 1. The highest BCUT2D eigenvalue weighted by atomic mass is 16.4. The molecule has 6 heteroatoms. The summed E-state index contributed by atoms with van der Waals surface area (Å²) in [6.45, 7) is 3.47. The number of carbonyl (C=O) groups excluding carboxylic acids is 1. The fourth-order valence-electron chi connectivity index (χ4n) is 0.760. The Balaban J connectivity index is 4.05. The Morgan fingerprint density at radius 1 is 1.60 bits per heavy atom. The first-order valence-corrected chi connectivity index (χ1v) is 4.45. The molecule has 0 aromatic heterocycles. The first-order chi connectivity index (χ1) is 6.78. The molecule has 0 aromatic rings. The van der Waals surface area contributed by atoms with Crippen LogP contribution in [0.3, 0.4) is 0 Å². The minimum absolute atomic E-state index is 0.148. The van der Waals surface area contributed by atoms with Gasteiger partial charge in [-0.2, -0.15) is 5.26 Å². The summed E-state index contributed by atoms with van der Waals surface area (Å²) in [5, 5.41) is 19.5. The molecular weight excluding hydrogens is 198 g/mol. The molecule has 1 amide bonds. The standard InChI is InChI=1S/C9H15N3O3/c1-9(2,4-10)5-12-8(15)6(11)3-7(13)14/h6H,3,5,11H2,1-2H3,(H,12,15)(H,13,14). The number of carbonyl (C=O) groups is 2. The number of hydrogen-bond acceptors (Lipinski definition) is 4. The molecule has 15 heavy (non-hydrogen) atoms. The van der Waals surface area contributed by atoms with Crippen molar-refractivity contribution in [3.05, 3.63) is 0 Å². The number of carboxylic acid groups (broad SMARTS) is 1. The molecule has 0 saturated heterocycles. The van der Waals surface area contributed by atoms with Crippen LogP contribution in [0, 0.1) is 16.7 Å². The Morgan fingerprint density at radius 3 is 2.53 bits per heavy atom. The molecule has 0 radical (unpaired) electrons. The van der Waals surface area contributed by atoms with Gasteiger partial charge in [-0.1, -0.05) is 0 Å². The van der Waals surface area contributed by atoms with E-state index in [0.717, 1.165) is 0 Å². The van der Waals surface area contributed by atoms with E-state index in [1.54, 1.807) is 13.8 Å². The number of rotatable bonds is 5. The molecule has 6 nitrogen and oxygen atoms in total. The number of carboxylic acids is 1. The van der Waals surface area contributed by atoms with Crippen molar-refractivity contribution in [3.63, 3.8) is 0 Å². The van der Waals surface area contributed by atoms with Crippen LogP contribution in [0.1, 0.15) is 20.3 Å². The number of hydrogen-bond donors (Lipinski definition) is 3. The molecule has 0 bridgehead atoms. The van der Waals surface area contributed by atoms with Crippen molar-refractivity contribution in [2.75, 3.05) is 6.54 Å². The lowest BCUT2D eigenvalue weighted by atomic mass is 9.96. The predicted octanol–water partition coefficient (Wildman–Crippen LogP) is -0.546. The molecule has 0 saturated carbocycles. The van der Waals surface area contributed by atoms with E-state index in [2.05, 4.69) is 5.32 Å². The molecule has 0 aliphatic carbocycles. The smallest absolute Gasteiger partial charge is 0.305 e. The van der Waals surface area contributed by atoms with Crippen LogP contribution >= 0.6 is 0 Å². The second-order valence-electron chi connectivity index (χ2n) is 3.92. The van der Waals surface area contributed by atoms with Crippen LogP contribution in [0.5, 0.6) is 0 Å². The van der Waals surface area contributed by atoms with Gasteiger partial charge in [0.2, 0.25) is 5.91 Å². The van der Waals surface area contributed by atoms with Crippen molar-refractivity contribution >= 4 is 11.9 Å². The van der Waals surface area contributed by atoms with Crippen molar-refractivity contribution in [2.45, 2.75) is 26.3 Å². The molecule has 0 aliphatic heterocycles. The van der Waals surface area contributed by atoms with E-state index in [-0.39, 0.29) is 6.54 Å². The lowest BCUT2D eigenvalue weighted by Crippen LogP contribution is -2.44. The highest BCUT2D eigenvalue weighted by Gasteiger charge is 2.21. The maximum atomic E-state index is 11.2. The first-order valence-electron chi connectivity index (χ1n) is 4.45. The van der Waals surface area contributed by atoms with Crippen LogP contribution in [0.15, 0.2) is 0 Å². The van der Waals surface area contributed by atoms with Crippen molar-refractivity contribution in [3.8, 4) is 6.07 Å². The maximum Gasteiger partial charge on any atom is 0.305 e. The van der Waals surface area contributed by atoms with Gasteiger partial charge in [-0.15, -0.1) is 0 Å². The first kappa shape index (κ1) is 13.4. The van der Waals surface area contributed by atoms with Crippen molar-refractivity contribution < 1.29 is 14.7 Å². The second kappa shape index (κ2) is 5.32.